The lowest BCUT2D eigenvalue weighted by atomic mass is 10.3. The number of hydrogen-bond donors (Lipinski definition) is 0. The molecule has 2 aromatic rings. The van der Waals surface area contributed by atoms with Crippen molar-refractivity contribution in [2.75, 3.05) is 13.1 Å². The van der Waals surface area contributed by atoms with E-state index in [2.05, 4.69) is 9.97 Å². The molecule has 2 rings (SSSR count). The Hall–Kier alpha value is -1.62. The summed E-state index contributed by atoms with van der Waals surface area (Å²) in [4.78, 5) is 23.2. The second-order valence-electron chi connectivity index (χ2n) is 3.72. The minimum atomic E-state index is 0.0538. The maximum absolute atomic E-state index is 12.1. The van der Waals surface area contributed by atoms with E-state index in [1.54, 1.807) is 17.3 Å². The molecule has 0 saturated heterocycles. The van der Waals surface area contributed by atoms with Gasteiger partial charge in [-0.25, -0.2) is 0 Å². The predicted octanol–water partition coefficient (Wildman–Crippen LogP) is 3.18. The van der Waals surface area contributed by atoms with Gasteiger partial charge in [-0.2, -0.15) is 0 Å². The molecule has 0 N–H and O–H groups in total. The molecule has 5 heteroatoms. The molecular weight excluding hydrogens is 246 g/mol. The topological polar surface area (TPSA) is 46.1 Å². The van der Waals surface area contributed by atoms with Gasteiger partial charge in [-0.15, -0.1) is 0 Å². The number of fused-ring (bicyclic) bond motifs is 1. The quantitative estimate of drug-likeness (QED) is 0.796. The van der Waals surface area contributed by atoms with E-state index in [4.69, 9.17) is 0 Å². The Morgan fingerprint density at radius 1 is 1.22 bits per heavy atom. The van der Waals surface area contributed by atoms with Crippen molar-refractivity contribution in [3.05, 3.63) is 30.6 Å². The van der Waals surface area contributed by atoms with E-state index >= 15 is 0 Å². The highest BCUT2D eigenvalue weighted by Crippen LogP contribution is 2.27. The highest BCUT2D eigenvalue weighted by atomic mass is 32.2. The zero-order valence-electron chi connectivity index (χ0n) is 10.5. The van der Waals surface area contributed by atoms with Crippen molar-refractivity contribution >= 4 is 28.0 Å². The Morgan fingerprint density at radius 2 is 1.94 bits per heavy atom. The molecule has 4 nitrogen and oxygen atoms in total. The van der Waals surface area contributed by atoms with Crippen LogP contribution in [0.4, 0.5) is 4.79 Å². The van der Waals surface area contributed by atoms with Gasteiger partial charge in [0.25, 0.3) is 5.24 Å². The van der Waals surface area contributed by atoms with Crippen molar-refractivity contribution in [2.45, 2.75) is 18.7 Å². The van der Waals surface area contributed by atoms with Gasteiger partial charge in [0.1, 0.15) is 5.52 Å². The summed E-state index contributed by atoms with van der Waals surface area (Å²) >= 11 is 1.21. The van der Waals surface area contributed by atoms with Gasteiger partial charge >= 0.3 is 0 Å². The molecule has 1 aromatic carbocycles. The number of amides is 1. The van der Waals surface area contributed by atoms with Crippen molar-refractivity contribution in [2.24, 2.45) is 0 Å². The van der Waals surface area contributed by atoms with Crippen LogP contribution in [0.2, 0.25) is 0 Å². The van der Waals surface area contributed by atoms with Crippen LogP contribution in [0.1, 0.15) is 13.8 Å². The maximum Gasteiger partial charge on any atom is 0.286 e. The van der Waals surface area contributed by atoms with E-state index in [1.165, 1.54) is 11.8 Å². The van der Waals surface area contributed by atoms with Crippen LogP contribution in [0, 0.1) is 0 Å². The first-order valence-corrected chi connectivity index (χ1v) is 6.74. The van der Waals surface area contributed by atoms with Gasteiger partial charge in [0.05, 0.1) is 5.52 Å². The van der Waals surface area contributed by atoms with E-state index in [9.17, 15) is 4.79 Å². The first kappa shape index (κ1) is 12.8. The highest BCUT2D eigenvalue weighted by Gasteiger charge is 2.13. The standard InChI is InChI=1S/C13H15N3OS/c1-3-16(4-2)13(17)18-11-7-5-6-10-12(11)15-9-8-14-10/h5-9H,3-4H2,1-2H3. The van der Waals surface area contributed by atoms with Crippen LogP contribution in [-0.2, 0) is 0 Å². The monoisotopic (exact) mass is 261 g/mol. The third kappa shape index (κ3) is 2.61. The Balaban J connectivity index is 2.29. The summed E-state index contributed by atoms with van der Waals surface area (Å²) in [6, 6.07) is 5.70. The number of carbonyl (C=O) groups is 1. The molecule has 94 valence electrons. The number of thioether (sulfide) groups is 1. The Kier molecular flexibility index (Phi) is 4.15. The summed E-state index contributed by atoms with van der Waals surface area (Å²) in [6.07, 6.45) is 3.30. The number of rotatable bonds is 3. The molecule has 0 aliphatic rings. The molecule has 0 radical (unpaired) electrons. The van der Waals surface area contributed by atoms with Gasteiger partial charge in [0.2, 0.25) is 0 Å². The lowest BCUT2D eigenvalue weighted by Crippen LogP contribution is -2.26. The molecule has 0 fully saturated rings. The van der Waals surface area contributed by atoms with Crippen LogP contribution in [0.5, 0.6) is 0 Å². The lowest BCUT2D eigenvalue weighted by molar-refractivity contribution is 0.228. The molecule has 0 atom stereocenters. The summed E-state index contributed by atoms with van der Waals surface area (Å²) in [5.74, 6) is 0. The Morgan fingerprint density at radius 3 is 2.67 bits per heavy atom. The fourth-order valence-corrected chi connectivity index (χ4v) is 2.66. The van der Waals surface area contributed by atoms with E-state index in [-0.39, 0.29) is 5.24 Å². The highest BCUT2D eigenvalue weighted by molar-refractivity contribution is 8.13. The summed E-state index contributed by atoms with van der Waals surface area (Å²) in [5, 5.41) is 0.0538. The lowest BCUT2D eigenvalue weighted by Gasteiger charge is -2.17. The summed E-state index contributed by atoms with van der Waals surface area (Å²) in [6.45, 7) is 5.40. The van der Waals surface area contributed by atoms with Crippen LogP contribution in [0.15, 0.2) is 35.5 Å². The number of para-hydroxylation sites is 1. The molecule has 18 heavy (non-hydrogen) atoms. The number of nitrogens with zero attached hydrogens (tertiary/aromatic N) is 3. The van der Waals surface area contributed by atoms with Crippen LogP contribution >= 0.6 is 11.8 Å². The average molecular weight is 261 g/mol. The molecular formula is C13H15N3OS. The number of aromatic nitrogens is 2. The third-order valence-electron chi connectivity index (χ3n) is 2.68. The summed E-state index contributed by atoms with van der Waals surface area (Å²) in [5.41, 5.74) is 1.60. The van der Waals surface area contributed by atoms with Crippen LogP contribution in [0.25, 0.3) is 11.0 Å². The Bertz CT molecular complexity index is 549. The van der Waals surface area contributed by atoms with Crippen molar-refractivity contribution in [1.29, 1.82) is 0 Å². The molecule has 0 spiro atoms. The SMILES string of the molecule is CCN(CC)C(=O)Sc1cccc2nccnc12. The minimum Gasteiger partial charge on any atom is -0.334 e. The van der Waals surface area contributed by atoms with E-state index in [0.29, 0.717) is 0 Å². The molecule has 1 amide bonds. The van der Waals surface area contributed by atoms with Gasteiger partial charge < -0.3 is 4.90 Å². The third-order valence-corrected chi connectivity index (χ3v) is 3.66. The maximum atomic E-state index is 12.1. The molecule has 1 heterocycles. The molecule has 0 aliphatic carbocycles. The first-order chi connectivity index (χ1) is 8.76. The minimum absolute atomic E-state index is 0.0538. The largest absolute Gasteiger partial charge is 0.334 e. The molecule has 0 saturated carbocycles. The fourth-order valence-electron chi connectivity index (χ4n) is 1.69. The number of hydrogen-bond acceptors (Lipinski definition) is 4. The normalized spacial score (nSPS) is 10.6. The van der Waals surface area contributed by atoms with Crippen molar-refractivity contribution in [1.82, 2.24) is 14.9 Å². The summed E-state index contributed by atoms with van der Waals surface area (Å²) in [7, 11) is 0. The molecule has 0 aliphatic heterocycles. The van der Waals surface area contributed by atoms with Gasteiger partial charge in [-0.05, 0) is 37.7 Å². The van der Waals surface area contributed by atoms with Crippen molar-refractivity contribution < 1.29 is 4.79 Å². The number of carbonyl (C=O) groups excluding carboxylic acids is 1. The van der Waals surface area contributed by atoms with Gasteiger partial charge in [-0.3, -0.25) is 14.8 Å². The van der Waals surface area contributed by atoms with E-state index < -0.39 is 0 Å². The first-order valence-electron chi connectivity index (χ1n) is 5.92. The van der Waals surface area contributed by atoms with E-state index in [0.717, 1.165) is 29.0 Å². The molecule has 0 unspecified atom stereocenters. The van der Waals surface area contributed by atoms with Gasteiger partial charge in [-0.1, -0.05) is 6.07 Å². The number of benzene rings is 1. The van der Waals surface area contributed by atoms with Crippen molar-refractivity contribution in [3.63, 3.8) is 0 Å². The summed E-state index contributed by atoms with van der Waals surface area (Å²) < 4.78 is 0. The fraction of sp³-hybridized carbons (Fsp3) is 0.308. The zero-order valence-corrected chi connectivity index (χ0v) is 11.3. The second-order valence-corrected chi connectivity index (χ2v) is 4.71. The van der Waals surface area contributed by atoms with Gasteiger partial charge in [0, 0.05) is 30.4 Å². The van der Waals surface area contributed by atoms with E-state index in [1.807, 2.05) is 32.0 Å². The zero-order chi connectivity index (χ0) is 13.0. The molecule has 1 aromatic heterocycles. The van der Waals surface area contributed by atoms with Gasteiger partial charge in [0.15, 0.2) is 0 Å². The second kappa shape index (κ2) is 5.82. The van der Waals surface area contributed by atoms with Crippen molar-refractivity contribution in [3.8, 4) is 0 Å². The predicted molar refractivity (Wildman–Crippen MR) is 73.7 cm³/mol. The average Bonchev–Trinajstić information content (AvgIpc) is 2.40. The molecule has 0 bridgehead atoms. The van der Waals surface area contributed by atoms with Crippen LogP contribution in [0.3, 0.4) is 0 Å². The van der Waals surface area contributed by atoms with Crippen LogP contribution in [-0.4, -0.2) is 33.2 Å². The van der Waals surface area contributed by atoms with Crippen LogP contribution < -0.4 is 0 Å². The Labute approximate surface area is 110 Å². The smallest absolute Gasteiger partial charge is 0.286 e.